The summed E-state index contributed by atoms with van der Waals surface area (Å²) >= 11 is 0. The van der Waals surface area contributed by atoms with Crippen LogP contribution in [-0.4, -0.2) is 59.3 Å². The van der Waals surface area contributed by atoms with E-state index in [1.54, 1.807) is 33.5 Å². The lowest BCUT2D eigenvalue weighted by atomic mass is 10.0. The third kappa shape index (κ3) is 3.88. The van der Waals surface area contributed by atoms with Crippen molar-refractivity contribution in [3.8, 4) is 17.2 Å². The van der Waals surface area contributed by atoms with Gasteiger partial charge in [0.15, 0.2) is 11.5 Å². The molecule has 8 heteroatoms. The van der Waals surface area contributed by atoms with Gasteiger partial charge in [0.25, 0.3) is 5.91 Å². The standard InChI is InChI=1S/C16H22N2O6/c1-20-6-5-17-16(19)14-9-11(18-24-14)10-7-12(21-2)15(23-4)13(8-10)22-3/h7-8,14H,5-6,9H2,1-4H3,(H,17,19)/t14-/m0/s1. The number of rotatable bonds is 8. The Morgan fingerprint density at radius 1 is 1.21 bits per heavy atom. The predicted molar refractivity (Wildman–Crippen MR) is 87.0 cm³/mol. The van der Waals surface area contributed by atoms with Gasteiger partial charge in [-0.25, -0.2) is 0 Å². The first kappa shape index (κ1) is 17.9. The average Bonchev–Trinajstić information content (AvgIpc) is 3.10. The Labute approximate surface area is 140 Å². The molecule has 0 spiro atoms. The molecule has 2 rings (SSSR count). The summed E-state index contributed by atoms with van der Waals surface area (Å²) in [4.78, 5) is 17.2. The van der Waals surface area contributed by atoms with Gasteiger partial charge in [-0.2, -0.15) is 0 Å². The number of carbonyl (C=O) groups excluding carboxylic acids is 1. The Morgan fingerprint density at radius 3 is 2.42 bits per heavy atom. The molecule has 8 nitrogen and oxygen atoms in total. The van der Waals surface area contributed by atoms with Crippen molar-refractivity contribution in [1.82, 2.24) is 5.32 Å². The molecule has 0 unspecified atom stereocenters. The Bertz CT molecular complexity index is 592. The molecule has 1 aromatic carbocycles. The Hall–Kier alpha value is -2.48. The van der Waals surface area contributed by atoms with E-state index >= 15 is 0 Å². The summed E-state index contributed by atoms with van der Waals surface area (Å²) in [5, 5.41) is 6.74. The first-order valence-electron chi connectivity index (χ1n) is 7.44. The zero-order chi connectivity index (χ0) is 17.5. The molecule has 1 N–H and O–H groups in total. The van der Waals surface area contributed by atoms with Crippen LogP contribution in [0, 0.1) is 0 Å². The Morgan fingerprint density at radius 2 is 1.88 bits per heavy atom. The SMILES string of the molecule is COCCNC(=O)[C@@H]1CC(c2cc(OC)c(OC)c(OC)c2)=NO1. The second-order valence-corrected chi connectivity index (χ2v) is 5.03. The first-order valence-corrected chi connectivity index (χ1v) is 7.44. The van der Waals surface area contributed by atoms with Gasteiger partial charge in [-0.1, -0.05) is 5.16 Å². The van der Waals surface area contributed by atoms with Crippen molar-refractivity contribution >= 4 is 11.6 Å². The fourth-order valence-electron chi connectivity index (χ4n) is 2.33. The van der Waals surface area contributed by atoms with E-state index in [0.29, 0.717) is 42.5 Å². The lowest BCUT2D eigenvalue weighted by molar-refractivity contribution is -0.131. The van der Waals surface area contributed by atoms with Gasteiger partial charge >= 0.3 is 0 Å². The summed E-state index contributed by atoms with van der Waals surface area (Å²) in [6.45, 7) is 0.869. The molecule has 0 aromatic heterocycles. The number of hydrogen-bond acceptors (Lipinski definition) is 7. The van der Waals surface area contributed by atoms with E-state index in [1.807, 2.05) is 0 Å². The maximum Gasteiger partial charge on any atom is 0.264 e. The molecule has 1 heterocycles. The van der Waals surface area contributed by atoms with Gasteiger partial charge in [-0.15, -0.1) is 0 Å². The third-order valence-corrected chi connectivity index (χ3v) is 3.56. The second kappa shape index (κ2) is 8.39. The van der Waals surface area contributed by atoms with Crippen LogP contribution in [-0.2, 0) is 14.4 Å². The molecule has 132 valence electrons. The smallest absolute Gasteiger partial charge is 0.264 e. The van der Waals surface area contributed by atoms with Crippen LogP contribution in [0.1, 0.15) is 12.0 Å². The van der Waals surface area contributed by atoms with Crippen molar-refractivity contribution in [3.05, 3.63) is 17.7 Å². The number of methoxy groups -OCH3 is 4. The summed E-state index contributed by atoms with van der Waals surface area (Å²) in [7, 11) is 6.20. The van der Waals surface area contributed by atoms with Crippen molar-refractivity contribution in [3.63, 3.8) is 0 Å². The zero-order valence-corrected chi connectivity index (χ0v) is 14.3. The lowest BCUT2D eigenvalue weighted by Crippen LogP contribution is -2.36. The van der Waals surface area contributed by atoms with Gasteiger partial charge in [-0.05, 0) is 12.1 Å². The van der Waals surface area contributed by atoms with E-state index in [2.05, 4.69) is 10.5 Å². The van der Waals surface area contributed by atoms with Gasteiger partial charge in [0.2, 0.25) is 11.9 Å². The maximum atomic E-state index is 12.0. The molecule has 0 radical (unpaired) electrons. The molecule has 0 fully saturated rings. The molecule has 0 bridgehead atoms. The largest absolute Gasteiger partial charge is 0.493 e. The highest BCUT2D eigenvalue weighted by molar-refractivity contribution is 6.04. The first-order chi connectivity index (χ1) is 11.6. The van der Waals surface area contributed by atoms with Crippen LogP contribution in [0.5, 0.6) is 17.2 Å². The summed E-state index contributed by atoms with van der Waals surface area (Å²) < 4.78 is 20.8. The molecule has 0 saturated heterocycles. The van der Waals surface area contributed by atoms with Crippen LogP contribution < -0.4 is 19.5 Å². The van der Waals surface area contributed by atoms with Crippen molar-refractivity contribution in [2.24, 2.45) is 5.16 Å². The van der Waals surface area contributed by atoms with Gasteiger partial charge in [0.05, 0.1) is 33.6 Å². The van der Waals surface area contributed by atoms with Crippen LogP contribution in [0.3, 0.4) is 0 Å². The molecular weight excluding hydrogens is 316 g/mol. The summed E-state index contributed by atoms with van der Waals surface area (Å²) in [6, 6.07) is 3.55. The molecule has 1 aliphatic rings. The van der Waals surface area contributed by atoms with E-state index in [4.69, 9.17) is 23.8 Å². The second-order valence-electron chi connectivity index (χ2n) is 5.03. The quantitative estimate of drug-likeness (QED) is 0.711. The van der Waals surface area contributed by atoms with Gasteiger partial charge in [-0.3, -0.25) is 4.79 Å². The number of nitrogens with zero attached hydrogens (tertiary/aromatic N) is 1. The minimum atomic E-state index is -0.657. The molecule has 0 saturated carbocycles. The summed E-state index contributed by atoms with van der Waals surface area (Å²) in [6.07, 6.45) is -0.298. The van der Waals surface area contributed by atoms with E-state index < -0.39 is 6.10 Å². The monoisotopic (exact) mass is 338 g/mol. The maximum absolute atomic E-state index is 12.0. The number of ether oxygens (including phenoxy) is 4. The lowest BCUT2D eigenvalue weighted by Gasteiger charge is -2.13. The number of hydrogen-bond donors (Lipinski definition) is 1. The van der Waals surface area contributed by atoms with E-state index in [0.717, 1.165) is 5.56 Å². The van der Waals surface area contributed by atoms with Crippen molar-refractivity contribution in [2.45, 2.75) is 12.5 Å². The van der Waals surface area contributed by atoms with Crippen molar-refractivity contribution in [1.29, 1.82) is 0 Å². The zero-order valence-electron chi connectivity index (χ0n) is 14.3. The van der Waals surface area contributed by atoms with Crippen LogP contribution in [0.15, 0.2) is 17.3 Å². The number of carbonyl (C=O) groups is 1. The number of nitrogens with one attached hydrogen (secondary N) is 1. The number of benzene rings is 1. The minimum absolute atomic E-state index is 0.224. The highest BCUT2D eigenvalue weighted by Crippen LogP contribution is 2.39. The van der Waals surface area contributed by atoms with Crippen LogP contribution in [0.4, 0.5) is 0 Å². The Kier molecular flexibility index (Phi) is 6.25. The molecule has 0 aliphatic carbocycles. The highest BCUT2D eigenvalue weighted by Gasteiger charge is 2.29. The van der Waals surface area contributed by atoms with Gasteiger partial charge in [0.1, 0.15) is 0 Å². The predicted octanol–water partition coefficient (Wildman–Crippen LogP) is 0.968. The average molecular weight is 338 g/mol. The Balaban J connectivity index is 2.11. The summed E-state index contributed by atoms with van der Waals surface area (Å²) in [5.74, 6) is 1.31. The van der Waals surface area contributed by atoms with Crippen LogP contribution in [0.2, 0.25) is 0 Å². The fourth-order valence-corrected chi connectivity index (χ4v) is 2.33. The van der Waals surface area contributed by atoms with E-state index in [9.17, 15) is 4.79 Å². The topological polar surface area (TPSA) is 87.6 Å². The summed E-state index contributed by atoms with van der Waals surface area (Å²) in [5.41, 5.74) is 1.39. The normalized spacial score (nSPS) is 16.2. The minimum Gasteiger partial charge on any atom is -0.493 e. The van der Waals surface area contributed by atoms with Crippen LogP contribution >= 0.6 is 0 Å². The van der Waals surface area contributed by atoms with Crippen molar-refractivity contribution in [2.75, 3.05) is 41.6 Å². The molecule has 1 aromatic rings. The van der Waals surface area contributed by atoms with E-state index in [1.165, 1.54) is 7.11 Å². The highest BCUT2D eigenvalue weighted by atomic mass is 16.6. The van der Waals surface area contributed by atoms with Crippen LogP contribution in [0.25, 0.3) is 0 Å². The molecule has 24 heavy (non-hydrogen) atoms. The number of amides is 1. The van der Waals surface area contributed by atoms with E-state index in [-0.39, 0.29) is 5.91 Å². The third-order valence-electron chi connectivity index (χ3n) is 3.56. The fraction of sp³-hybridized carbons (Fsp3) is 0.500. The molecular formula is C16H22N2O6. The molecule has 1 amide bonds. The van der Waals surface area contributed by atoms with Crippen molar-refractivity contribution < 1.29 is 28.6 Å². The molecule has 1 atom stereocenters. The van der Waals surface area contributed by atoms with Gasteiger partial charge < -0.3 is 29.1 Å². The number of oxime groups is 1. The van der Waals surface area contributed by atoms with Gasteiger partial charge in [0, 0.05) is 25.6 Å². The molecule has 1 aliphatic heterocycles.